The maximum atomic E-state index is 11.6. The molecule has 0 saturated carbocycles. The molecule has 0 heterocycles. The lowest BCUT2D eigenvalue weighted by atomic mass is 10.0. The third-order valence-electron chi connectivity index (χ3n) is 3.09. The predicted molar refractivity (Wildman–Crippen MR) is 78.5 cm³/mol. The summed E-state index contributed by atoms with van der Waals surface area (Å²) in [6, 6.07) is 7.77. The fourth-order valence-corrected chi connectivity index (χ4v) is 1.80. The van der Waals surface area contributed by atoms with Gasteiger partial charge in [0, 0.05) is 26.3 Å². The smallest absolute Gasteiger partial charge is 0.305 e. The molecule has 5 nitrogen and oxygen atoms in total. The molecule has 1 aromatic rings. The topological polar surface area (TPSA) is 72.5 Å². The van der Waals surface area contributed by atoms with Crippen molar-refractivity contribution in [2.45, 2.75) is 39.2 Å². The summed E-state index contributed by atoms with van der Waals surface area (Å²) in [4.78, 5) is 33.4. The van der Waals surface area contributed by atoms with E-state index in [0.717, 1.165) is 11.1 Å². The number of carbonyl (C=O) groups excluding carboxylic acids is 3. The lowest BCUT2D eigenvalue weighted by Gasteiger charge is -2.05. The lowest BCUT2D eigenvalue weighted by molar-refractivity contribution is -0.141. The largest absolute Gasteiger partial charge is 0.469 e. The molecule has 0 unspecified atom stereocenters. The van der Waals surface area contributed by atoms with Crippen LogP contribution in [0.25, 0.3) is 0 Å². The molecule has 1 N–H and O–H groups in total. The summed E-state index contributed by atoms with van der Waals surface area (Å²) in [6.07, 6.45) is 1.45. The van der Waals surface area contributed by atoms with E-state index in [1.54, 1.807) is 0 Å². The van der Waals surface area contributed by atoms with E-state index < -0.39 is 0 Å². The first-order chi connectivity index (χ1) is 10.0. The van der Waals surface area contributed by atoms with Gasteiger partial charge < -0.3 is 10.1 Å². The number of esters is 1. The van der Waals surface area contributed by atoms with E-state index in [2.05, 4.69) is 10.1 Å². The fourth-order valence-electron chi connectivity index (χ4n) is 1.80. The van der Waals surface area contributed by atoms with Crippen molar-refractivity contribution in [3.63, 3.8) is 0 Å². The molecule has 0 aliphatic carbocycles. The van der Waals surface area contributed by atoms with Crippen LogP contribution in [0, 0.1) is 0 Å². The Morgan fingerprint density at radius 1 is 1.00 bits per heavy atom. The summed E-state index contributed by atoms with van der Waals surface area (Å²) in [5.41, 5.74) is 2.08. The number of aryl methyl sites for hydroxylation is 1. The van der Waals surface area contributed by atoms with E-state index in [-0.39, 0.29) is 30.5 Å². The number of amides is 1. The molecule has 0 spiro atoms. The minimum atomic E-state index is -0.356. The Morgan fingerprint density at radius 2 is 1.62 bits per heavy atom. The van der Waals surface area contributed by atoms with E-state index in [0.29, 0.717) is 19.4 Å². The van der Waals surface area contributed by atoms with Crippen molar-refractivity contribution in [3.8, 4) is 0 Å². The first kappa shape index (κ1) is 16.9. The van der Waals surface area contributed by atoms with Crippen LogP contribution in [0.4, 0.5) is 0 Å². The molecule has 5 heteroatoms. The van der Waals surface area contributed by atoms with Crippen molar-refractivity contribution in [2.75, 3.05) is 7.11 Å². The molecular formula is C16H21NO4. The number of ketones is 1. The molecule has 0 bridgehead atoms. The number of nitrogens with one attached hydrogen (secondary N) is 1. The van der Waals surface area contributed by atoms with Crippen molar-refractivity contribution in [1.82, 2.24) is 5.32 Å². The van der Waals surface area contributed by atoms with Gasteiger partial charge in [0.1, 0.15) is 5.78 Å². The summed E-state index contributed by atoms with van der Waals surface area (Å²) >= 11 is 0. The minimum absolute atomic E-state index is 0.0581. The van der Waals surface area contributed by atoms with Crippen molar-refractivity contribution in [3.05, 3.63) is 35.4 Å². The molecule has 0 aliphatic rings. The Kier molecular flexibility index (Phi) is 7.15. The van der Waals surface area contributed by atoms with Gasteiger partial charge in [0.25, 0.3) is 0 Å². The molecule has 1 aromatic carbocycles. The van der Waals surface area contributed by atoms with Gasteiger partial charge in [-0.25, -0.2) is 0 Å². The molecule has 0 radical (unpaired) electrons. The normalized spacial score (nSPS) is 10.0. The molecule has 1 amide bonds. The number of carbonyl (C=O) groups is 3. The maximum Gasteiger partial charge on any atom is 0.305 e. The Bertz CT molecular complexity index is 494. The number of methoxy groups -OCH3 is 1. The highest BCUT2D eigenvalue weighted by atomic mass is 16.5. The second-order valence-electron chi connectivity index (χ2n) is 4.84. The lowest BCUT2D eigenvalue weighted by Crippen LogP contribution is -2.18. The number of Topliss-reactive ketones (excluding diaryl/α,β-unsaturated/α-hetero) is 1. The highest BCUT2D eigenvalue weighted by Crippen LogP contribution is 2.08. The number of hydrogen-bond acceptors (Lipinski definition) is 4. The first-order valence-electron chi connectivity index (χ1n) is 6.92. The number of ether oxygens (including phenoxy) is 1. The van der Waals surface area contributed by atoms with Crippen molar-refractivity contribution in [1.29, 1.82) is 0 Å². The molecule has 0 saturated heterocycles. The molecule has 21 heavy (non-hydrogen) atoms. The first-order valence-corrected chi connectivity index (χ1v) is 6.92. The summed E-state index contributed by atoms with van der Waals surface area (Å²) in [7, 11) is 1.31. The van der Waals surface area contributed by atoms with Gasteiger partial charge in [0.15, 0.2) is 0 Å². The molecule has 0 aliphatic heterocycles. The van der Waals surface area contributed by atoms with E-state index in [4.69, 9.17) is 0 Å². The third-order valence-corrected chi connectivity index (χ3v) is 3.09. The zero-order chi connectivity index (χ0) is 15.7. The molecule has 0 fully saturated rings. The number of rotatable bonds is 8. The molecule has 0 atom stereocenters. The van der Waals surface area contributed by atoms with Gasteiger partial charge in [0.2, 0.25) is 5.91 Å². The summed E-state index contributed by atoms with van der Waals surface area (Å²) in [5.74, 6) is -0.358. The highest BCUT2D eigenvalue weighted by molar-refractivity contribution is 5.83. The number of hydrogen-bond donors (Lipinski definition) is 1. The van der Waals surface area contributed by atoms with Gasteiger partial charge in [0.05, 0.1) is 13.5 Å². The Hall–Kier alpha value is -2.17. The summed E-state index contributed by atoms with van der Waals surface area (Å²) < 4.78 is 4.50. The Morgan fingerprint density at radius 3 is 2.19 bits per heavy atom. The van der Waals surface area contributed by atoms with E-state index in [1.807, 2.05) is 24.3 Å². The van der Waals surface area contributed by atoms with Crippen LogP contribution in [-0.2, 0) is 32.1 Å². The fraction of sp³-hybridized carbons (Fsp3) is 0.438. The molecule has 1 rings (SSSR count). The van der Waals surface area contributed by atoms with Gasteiger partial charge in [-0.15, -0.1) is 0 Å². The van der Waals surface area contributed by atoms with Crippen LogP contribution < -0.4 is 5.32 Å². The van der Waals surface area contributed by atoms with Crippen LogP contribution in [0.15, 0.2) is 24.3 Å². The zero-order valence-electron chi connectivity index (χ0n) is 12.5. The average Bonchev–Trinajstić information content (AvgIpc) is 2.49. The van der Waals surface area contributed by atoms with Crippen molar-refractivity contribution < 1.29 is 19.1 Å². The van der Waals surface area contributed by atoms with Gasteiger partial charge in [-0.3, -0.25) is 14.4 Å². The molecule has 114 valence electrons. The van der Waals surface area contributed by atoms with Crippen LogP contribution >= 0.6 is 0 Å². The van der Waals surface area contributed by atoms with Crippen molar-refractivity contribution in [2.24, 2.45) is 0 Å². The van der Waals surface area contributed by atoms with Gasteiger partial charge in [-0.2, -0.15) is 0 Å². The Labute approximate surface area is 124 Å². The SMILES string of the molecule is COC(=O)CCC(=O)CCc1ccc(CNC(C)=O)cc1. The molecule has 0 aromatic heterocycles. The standard InChI is InChI=1S/C16H21NO4/c1-12(18)17-11-14-5-3-13(4-6-14)7-8-15(19)9-10-16(20)21-2/h3-6H,7-11H2,1-2H3,(H,17,18). The Balaban J connectivity index is 2.33. The van der Waals surface area contributed by atoms with Crippen LogP contribution in [0.5, 0.6) is 0 Å². The average molecular weight is 291 g/mol. The monoisotopic (exact) mass is 291 g/mol. The predicted octanol–water partition coefficient (Wildman–Crippen LogP) is 1.78. The van der Waals surface area contributed by atoms with Crippen LogP contribution in [-0.4, -0.2) is 24.8 Å². The van der Waals surface area contributed by atoms with E-state index >= 15 is 0 Å². The van der Waals surface area contributed by atoms with Crippen LogP contribution in [0.2, 0.25) is 0 Å². The summed E-state index contributed by atoms with van der Waals surface area (Å²) in [5, 5.41) is 2.73. The van der Waals surface area contributed by atoms with Gasteiger partial charge in [-0.05, 0) is 17.5 Å². The summed E-state index contributed by atoms with van der Waals surface area (Å²) in [6.45, 7) is 1.99. The zero-order valence-corrected chi connectivity index (χ0v) is 12.5. The van der Waals surface area contributed by atoms with E-state index in [9.17, 15) is 14.4 Å². The van der Waals surface area contributed by atoms with Crippen LogP contribution in [0.1, 0.15) is 37.3 Å². The van der Waals surface area contributed by atoms with Crippen molar-refractivity contribution >= 4 is 17.7 Å². The van der Waals surface area contributed by atoms with Gasteiger partial charge >= 0.3 is 5.97 Å². The second kappa shape index (κ2) is 8.89. The second-order valence-corrected chi connectivity index (χ2v) is 4.84. The van der Waals surface area contributed by atoms with Crippen LogP contribution in [0.3, 0.4) is 0 Å². The van der Waals surface area contributed by atoms with Gasteiger partial charge in [-0.1, -0.05) is 24.3 Å². The minimum Gasteiger partial charge on any atom is -0.469 e. The number of benzene rings is 1. The third kappa shape index (κ3) is 7.25. The van der Waals surface area contributed by atoms with E-state index in [1.165, 1.54) is 14.0 Å². The highest BCUT2D eigenvalue weighted by Gasteiger charge is 2.07. The quantitative estimate of drug-likeness (QED) is 0.741. The maximum absolute atomic E-state index is 11.6. The molecular weight excluding hydrogens is 270 g/mol.